The van der Waals surface area contributed by atoms with Gasteiger partial charge in [-0.05, 0) is 43.4 Å². The zero-order valence-electron chi connectivity index (χ0n) is 12.3. The molecule has 0 radical (unpaired) electrons. The van der Waals surface area contributed by atoms with Crippen LogP contribution in [0.25, 0.3) is 0 Å². The second-order valence-corrected chi connectivity index (χ2v) is 6.80. The van der Waals surface area contributed by atoms with E-state index in [-0.39, 0.29) is 0 Å². The Bertz CT molecular complexity index is 264. The third-order valence-electron chi connectivity index (χ3n) is 5.44. The highest BCUT2D eigenvalue weighted by atomic mass is 16.5. The van der Waals surface area contributed by atoms with Gasteiger partial charge in [0.25, 0.3) is 0 Å². The van der Waals surface area contributed by atoms with Crippen molar-refractivity contribution >= 4 is 0 Å². The second-order valence-electron chi connectivity index (χ2n) is 6.80. The van der Waals surface area contributed by atoms with Crippen molar-refractivity contribution in [2.24, 2.45) is 17.8 Å². The van der Waals surface area contributed by atoms with Crippen LogP contribution in [-0.4, -0.2) is 23.4 Å². The van der Waals surface area contributed by atoms with Crippen molar-refractivity contribution in [3.8, 4) is 0 Å². The first-order valence-corrected chi connectivity index (χ1v) is 7.89. The summed E-state index contributed by atoms with van der Waals surface area (Å²) in [5.74, 6) is 2.10. The lowest BCUT2D eigenvalue weighted by molar-refractivity contribution is -0.144. The molecule has 5 atom stereocenters. The number of hydrogen-bond donors (Lipinski definition) is 1. The summed E-state index contributed by atoms with van der Waals surface area (Å²) in [6.45, 7) is 7.65. The Kier molecular flexibility index (Phi) is 4.71. The highest BCUT2D eigenvalue weighted by Gasteiger charge is 2.43. The molecular weight excluding hydrogens is 224 g/mol. The minimum Gasteiger partial charge on any atom is -0.389 e. The number of rotatable bonds is 3. The van der Waals surface area contributed by atoms with Crippen LogP contribution in [0.3, 0.4) is 0 Å². The lowest BCUT2D eigenvalue weighted by Crippen LogP contribution is -2.48. The van der Waals surface area contributed by atoms with E-state index >= 15 is 0 Å². The van der Waals surface area contributed by atoms with Crippen LogP contribution in [0.1, 0.15) is 65.7 Å². The molecule has 1 aliphatic carbocycles. The topological polar surface area (TPSA) is 29.5 Å². The molecule has 1 heterocycles. The Labute approximate surface area is 112 Å². The Hall–Kier alpha value is -0.0800. The Morgan fingerprint density at radius 2 is 2.00 bits per heavy atom. The van der Waals surface area contributed by atoms with Crippen LogP contribution in [0.4, 0.5) is 0 Å². The first kappa shape index (κ1) is 14.3. The van der Waals surface area contributed by atoms with Crippen molar-refractivity contribution in [2.45, 2.75) is 77.4 Å². The number of hydrogen-bond acceptors (Lipinski definition) is 2. The van der Waals surface area contributed by atoms with Crippen LogP contribution in [0.2, 0.25) is 0 Å². The first-order chi connectivity index (χ1) is 8.55. The van der Waals surface area contributed by atoms with Crippen molar-refractivity contribution in [3.63, 3.8) is 0 Å². The molecule has 0 aromatic carbocycles. The average molecular weight is 254 g/mol. The summed E-state index contributed by atoms with van der Waals surface area (Å²) >= 11 is 0. The molecule has 1 aliphatic heterocycles. The molecule has 2 nitrogen and oxygen atoms in total. The molecule has 2 fully saturated rings. The van der Waals surface area contributed by atoms with Gasteiger partial charge in [-0.1, -0.05) is 33.6 Å². The van der Waals surface area contributed by atoms with Crippen molar-refractivity contribution in [1.82, 2.24) is 0 Å². The molecule has 5 unspecified atom stereocenters. The maximum absolute atomic E-state index is 11.0. The normalized spacial score (nSPS) is 46.0. The molecule has 0 aromatic rings. The number of aliphatic hydroxyl groups is 1. The summed E-state index contributed by atoms with van der Waals surface area (Å²) in [5.41, 5.74) is -0.438. The summed E-state index contributed by atoms with van der Waals surface area (Å²) in [6, 6.07) is 0. The van der Waals surface area contributed by atoms with Crippen molar-refractivity contribution in [1.29, 1.82) is 0 Å². The van der Waals surface area contributed by atoms with E-state index in [1.54, 1.807) is 0 Å². The largest absolute Gasteiger partial charge is 0.389 e. The standard InChI is InChI=1S/C16H30O2/c1-4-5-15-11-16(17,8-9-18-15)14-7-6-12(2)13(3)10-14/h12-15,17H,4-11H2,1-3H3. The SMILES string of the molecule is CCCC1CC(O)(C2CCC(C)C(C)C2)CCO1. The van der Waals surface area contributed by atoms with Gasteiger partial charge in [-0.2, -0.15) is 0 Å². The molecule has 106 valence electrons. The Morgan fingerprint density at radius 1 is 1.22 bits per heavy atom. The van der Waals surface area contributed by atoms with Crippen LogP contribution in [0, 0.1) is 17.8 Å². The van der Waals surface area contributed by atoms with Crippen LogP contribution in [0.5, 0.6) is 0 Å². The maximum Gasteiger partial charge on any atom is 0.0722 e. The summed E-state index contributed by atoms with van der Waals surface area (Å²) in [6.07, 6.45) is 7.96. The molecule has 1 N–H and O–H groups in total. The van der Waals surface area contributed by atoms with Gasteiger partial charge in [0.15, 0.2) is 0 Å². The Balaban J connectivity index is 1.97. The molecule has 0 bridgehead atoms. The van der Waals surface area contributed by atoms with E-state index in [1.807, 2.05) is 0 Å². The molecule has 2 rings (SSSR count). The van der Waals surface area contributed by atoms with Gasteiger partial charge in [0.1, 0.15) is 0 Å². The summed E-state index contributed by atoms with van der Waals surface area (Å²) in [4.78, 5) is 0. The van der Waals surface area contributed by atoms with Gasteiger partial charge < -0.3 is 9.84 Å². The molecule has 0 spiro atoms. The minimum absolute atomic E-state index is 0.295. The third-order valence-corrected chi connectivity index (χ3v) is 5.44. The zero-order chi connectivity index (χ0) is 13.2. The van der Waals surface area contributed by atoms with Crippen LogP contribution in [-0.2, 0) is 4.74 Å². The van der Waals surface area contributed by atoms with Crippen LogP contribution >= 0.6 is 0 Å². The molecule has 1 saturated carbocycles. The fourth-order valence-corrected chi connectivity index (χ4v) is 3.87. The molecule has 0 amide bonds. The van der Waals surface area contributed by atoms with Crippen molar-refractivity contribution < 1.29 is 9.84 Å². The van der Waals surface area contributed by atoms with Gasteiger partial charge >= 0.3 is 0 Å². The van der Waals surface area contributed by atoms with Gasteiger partial charge in [-0.15, -0.1) is 0 Å². The van der Waals surface area contributed by atoms with E-state index in [4.69, 9.17) is 4.74 Å². The zero-order valence-corrected chi connectivity index (χ0v) is 12.3. The lowest BCUT2D eigenvalue weighted by atomic mass is 9.66. The lowest BCUT2D eigenvalue weighted by Gasteiger charge is -2.46. The van der Waals surface area contributed by atoms with E-state index in [9.17, 15) is 5.11 Å². The smallest absolute Gasteiger partial charge is 0.0722 e. The van der Waals surface area contributed by atoms with E-state index in [0.29, 0.717) is 12.0 Å². The second kappa shape index (κ2) is 5.92. The monoisotopic (exact) mass is 254 g/mol. The van der Waals surface area contributed by atoms with E-state index < -0.39 is 5.60 Å². The molecule has 2 aliphatic rings. The van der Waals surface area contributed by atoms with Gasteiger partial charge in [-0.3, -0.25) is 0 Å². The van der Waals surface area contributed by atoms with E-state index in [2.05, 4.69) is 20.8 Å². The summed E-state index contributed by atoms with van der Waals surface area (Å²) in [5, 5.41) is 11.0. The summed E-state index contributed by atoms with van der Waals surface area (Å²) < 4.78 is 5.79. The first-order valence-electron chi connectivity index (χ1n) is 7.89. The minimum atomic E-state index is -0.438. The fraction of sp³-hybridized carbons (Fsp3) is 1.00. The van der Waals surface area contributed by atoms with Gasteiger partial charge in [0.2, 0.25) is 0 Å². The van der Waals surface area contributed by atoms with Gasteiger partial charge in [-0.25, -0.2) is 0 Å². The fourth-order valence-electron chi connectivity index (χ4n) is 3.87. The van der Waals surface area contributed by atoms with E-state index in [0.717, 1.165) is 44.1 Å². The summed E-state index contributed by atoms with van der Waals surface area (Å²) in [7, 11) is 0. The number of ether oxygens (including phenoxy) is 1. The van der Waals surface area contributed by atoms with Gasteiger partial charge in [0.05, 0.1) is 11.7 Å². The molecule has 18 heavy (non-hydrogen) atoms. The molecule has 2 heteroatoms. The highest BCUT2D eigenvalue weighted by Crippen LogP contribution is 2.44. The predicted molar refractivity (Wildman–Crippen MR) is 74.5 cm³/mol. The molecule has 0 aromatic heterocycles. The van der Waals surface area contributed by atoms with Crippen molar-refractivity contribution in [2.75, 3.05) is 6.61 Å². The molecular formula is C16H30O2. The Morgan fingerprint density at radius 3 is 2.67 bits per heavy atom. The quantitative estimate of drug-likeness (QED) is 0.830. The average Bonchev–Trinajstić information content (AvgIpc) is 2.33. The third kappa shape index (κ3) is 3.08. The van der Waals surface area contributed by atoms with E-state index in [1.165, 1.54) is 19.3 Å². The van der Waals surface area contributed by atoms with Crippen LogP contribution in [0.15, 0.2) is 0 Å². The molecule has 1 saturated heterocycles. The van der Waals surface area contributed by atoms with Crippen LogP contribution < -0.4 is 0 Å². The van der Waals surface area contributed by atoms with Crippen molar-refractivity contribution in [3.05, 3.63) is 0 Å². The maximum atomic E-state index is 11.0. The van der Waals surface area contributed by atoms with Gasteiger partial charge in [0, 0.05) is 13.0 Å². The highest BCUT2D eigenvalue weighted by molar-refractivity contribution is 4.94. The predicted octanol–water partition coefficient (Wildman–Crippen LogP) is 3.77.